The van der Waals surface area contributed by atoms with E-state index in [-0.39, 0.29) is 19.5 Å². The smallest absolute Gasteiger partial charge is 0.0884 e. The molecule has 0 spiro atoms. The summed E-state index contributed by atoms with van der Waals surface area (Å²) in [5.41, 5.74) is 0. The summed E-state index contributed by atoms with van der Waals surface area (Å²) in [4.78, 5) is 0. The minimum atomic E-state index is -2.08. The van der Waals surface area contributed by atoms with Gasteiger partial charge in [0, 0.05) is 19.5 Å². The minimum absolute atomic E-state index is 0. The van der Waals surface area contributed by atoms with Crippen LogP contribution >= 0.6 is 0 Å². The molecule has 0 bridgehead atoms. The first-order valence-electron chi connectivity index (χ1n) is 0.667. The van der Waals surface area contributed by atoms with Gasteiger partial charge in [0.05, 0.1) is 6.08 Å². The summed E-state index contributed by atoms with van der Waals surface area (Å²) in [5, 5.41) is 0. The predicted molar refractivity (Wildman–Crippen MR) is 10.0 cm³/mol. The van der Waals surface area contributed by atoms with E-state index in [9.17, 15) is 8.78 Å². The van der Waals surface area contributed by atoms with Crippen molar-refractivity contribution >= 4 is 0 Å². The van der Waals surface area contributed by atoms with Crippen molar-refractivity contribution in [2.75, 3.05) is 0 Å². The molecule has 0 nitrogen and oxygen atoms in total. The Kier molecular flexibility index (Phi) is 7.57. The van der Waals surface area contributed by atoms with E-state index >= 15 is 0 Å². The largest absolute Gasteiger partial charge is 0.445 e. The topological polar surface area (TPSA) is 0 Å². The van der Waals surface area contributed by atoms with Crippen LogP contribution in [0.15, 0.2) is 6.08 Å². The molecule has 0 unspecified atom stereocenters. The molecule has 0 aliphatic carbocycles. The van der Waals surface area contributed by atoms with Gasteiger partial charge in [-0.2, -0.15) is 0 Å². The zero-order valence-corrected chi connectivity index (χ0v) is 5.51. The fraction of sp³-hybridized carbons (Fsp3) is 0. The molecule has 5 heavy (non-hydrogen) atoms. The van der Waals surface area contributed by atoms with Gasteiger partial charge in [-0.25, -0.2) is 8.78 Å². The van der Waals surface area contributed by atoms with Crippen molar-refractivity contribution in [1.82, 2.24) is 0 Å². The van der Waals surface area contributed by atoms with Gasteiger partial charge in [-0.15, -0.1) is 0 Å². The van der Waals surface area contributed by atoms with Crippen LogP contribution in [0.25, 0.3) is 0 Å². The monoisotopic (exact) mass is 127 g/mol. The zero-order valence-electron chi connectivity index (χ0n) is 2.54. The third-order valence-corrected chi connectivity index (χ3v) is 0. The zero-order chi connectivity index (χ0) is 3.58. The summed E-state index contributed by atoms with van der Waals surface area (Å²) < 4.78 is 20.1. The van der Waals surface area contributed by atoms with Crippen LogP contribution in [-0.4, -0.2) is 0 Å². The van der Waals surface area contributed by atoms with Crippen LogP contribution in [0.2, 0.25) is 0 Å². The molecule has 0 aromatic rings. The Bertz CT molecular complexity index is 30.6. The Balaban J connectivity index is 0. The first kappa shape index (κ1) is 8.97. The maximum absolute atomic E-state index is 10.0. The van der Waals surface area contributed by atoms with Gasteiger partial charge in [-0.05, 0) is 0 Å². The van der Waals surface area contributed by atoms with E-state index < -0.39 is 6.08 Å². The summed E-state index contributed by atoms with van der Waals surface area (Å²) >= 11 is 0. The number of halogens is 2. The molecule has 0 radical (unpaired) electrons. The first-order valence-corrected chi connectivity index (χ1v) is 0.667. The fourth-order valence-electron chi connectivity index (χ4n) is 0. The number of rotatable bonds is 0. The van der Waals surface area contributed by atoms with Gasteiger partial charge in [0.15, 0.2) is 0 Å². The Labute approximate surface area is 41.6 Å². The average Bonchev–Trinajstić information content (AvgIpc) is 0.811. The van der Waals surface area contributed by atoms with Gasteiger partial charge in [0.2, 0.25) is 0 Å². The summed E-state index contributed by atoms with van der Waals surface area (Å²) in [5.74, 6) is 0. The van der Waals surface area contributed by atoms with Crippen LogP contribution in [-0.2, 0) is 19.5 Å². The summed E-state index contributed by atoms with van der Waals surface area (Å²) in [7, 11) is 0. The van der Waals surface area contributed by atoms with Crippen molar-refractivity contribution < 1.29 is 28.3 Å². The standard InChI is InChI=1S/C2HF2.Zn/c1-2(3)4;/h1H;/q-1;. The van der Waals surface area contributed by atoms with Crippen molar-refractivity contribution in [2.45, 2.75) is 0 Å². The van der Waals surface area contributed by atoms with Gasteiger partial charge in [-0.3, -0.25) is 0 Å². The molecule has 0 fully saturated rings. The molecule has 0 aliphatic heterocycles. The molecule has 3 heteroatoms. The van der Waals surface area contributed by atoms with Gasteiger partial charge >= 0.3 is 0 Å². The van der Waals surface area contributed by atoms with Crippen molar-refractivity contribution in [3.63, 3.8) is 0 Å². The van der Waals surface area contributed by atoms with Crippen LogP contribution in [0.3, 0.4) is 0 Å². The SMILES string of the molecule is [CH-]=C(F)F.[Zn]. The van der Waals surface area contributed by atoms with Crippen LogP contribution in [0, 0.1) is 6.58 Å². The summed E-state index contributed by atoms with van der Waals surface area (Å²) in [6, 6.07) is 0. The molecule has 0 heterocycles. The second-order valence-electron chi connectivity index (χ2n) is 0.290. The normalized spacial score (nSPS) is 5.20. The minimum Gasteiger partial charge on any atom is -0.445 e. The maximum Gasteiger partial charge on any atom is 0.0884 e. The summed E-state index contributed by atoms with van der Waals surface area (Å²) in [6.45, 7) is 3.69. The predicted octanol–water partition coefficient (Wildman–Crippen LogP) is 1.20. The van der Waals surface area contributed by atoms with Crippen LogP contribution in [0.5, 0.6) is 0 Å². The van der Waals surface area contributed by atoms with Crippen molar-refractivity contribution in [2.24, 2.45) is 0 Å². The molecule has 0 saturated heterocycles. The molecule has 0 saturated carbocycles. The van der Waals surface area contributed by atoms with E-state index in [1.807, 2.05) is 0 Å². The molecule has 26 valence electrons. The second-order valence-corrected chi connectivity index (χ2v) is 0.290. The van der Waals surface area contributed by atoms with Crippen molar-refractivity contribution in [3.05, 3.63) is 12.7 Å². The van der Waals surface area contributed by atoms with Crippen molar-refractivity contribution in [3.8, 4) is 0 Å². The van der Waals surface area contributed by atoms with E-state index in [0.717, 1.165) is 0 Å². The molecule has 0 aromatic carbocycles. The van der Waals surface area contributed by atoms with Gasteiger partial charge in [0.25, 0.3) is 0 Å². The molecule has 0 amide bonds. The average molecular weight is 128 g/mol. The Morgan fingerprint density at radius 3 is 1.40 bits per heavy atom. The third-order valence-electron chi connectivity index (χ3n) is 0. The van der Waals surface area contributed by atoms with E-state index in [0.29, 0.717) is 0 Å². The molecule has 0 N–H and O–H groups in total. The Morgan fingerprint density at radius 1 is 1.40 bits per heavy atom. The summed E-state index contributed by atoms with van der Waals surface area (Å²) in [6.07, 6.45) is -2.08. The molecule has 0 rings (SSSR count). The third kappa shape index (κ3) is 418. The van der Waals surface area contributed by atoms with Gasteiger partial charge in [0.1, 0.15) is 0 Å². The van der Waals surface area contributed by atoms with E-state index in [4.69, 9.17) is 0 Å². The molecular weight excluding hydrogens is 127 g/mol. The van der Waals surface area contributed by atoms with E-state index in [1.165, 1.54) is 0 Å². The van der Waals surface area contributed by atoms with Crippen molar-refractivity contribution in [1.29, 1.82) is 0 Å². The van der Waals surface area contributed by atoms with Crippen LogP contribution in [0.1, 0.15) is 0 Å². The first-order chi connectivity index (χ1) is 1.73. The van der Waals surface area contributed by atoms with Crippen LogP contribution in [0.4, 0.5) is 8.78 Å². The Hall–Kier alpha value is 0.223. The number of hydrogen-bond acceptors (Lipinski definition) is 0. The second kappa shape index (κ2) is 4.22. The maximum atomic E-state index is 10.0. The quantitative estimate of drug-likeness (QED) is 0.340. The van der Waals surface area contributed by atoms with Crippen LogP contribution < -0.4 is 0 Å². The van der Waals surface area contributed by atoms with Gasteiger partial charge in [-0.1, -0.05) is 0 Å². The fourth-order valence-corrected chi connectivity index (χ4v) is 0. The van der Waals surface area contributed by atoms with E-state index in [2.05, 4.69) is 6.58 Å². The molecule has 0 aromatic heterocycles. The van der Waals surface area contributed by atoms with E-state index in [1.54, 1.807) is 0 Å². The number of hydrogen-bond donors (Lipinski definition) is 0. The molecular formula is C2HF2Zn-. The Morgan fingerprint density at radius 2 is 1.40 bits per heavy atom. The molecule has 0 atom stereocenters. The molecule has 0 aliphatic rings. The van der Waals surface area contributed by atoms with Gasteiger partial charge < -0.3 is 6.58 Å².